The molecule has 116 valence electrons. The third kappa shape index (κ3) is 6.81. The van der Waals surface area contributed by atoms with E-state index >= 15 is 0 Å². The smallest absolute Gasteiger partial charge is 0.328 e. The van der Waals surface area contributed by atoms with E-state index < -0.39 is 5.97 Å². The van der Waals surface area contributed by atoms with Gasteiger partial charge in [0.15, 0.2) is 0 Å². The van der Waals surface area contributed by atoms with E-state index in [4.69, 9.17) is 19.3 Å². The summed E-state index contributed by atoms with van der Waals surface area (Å²) in [5, 5.41) is 8.72. The second-order valence-corrected chi connectivity index (χ2v) is 5.38. The van der Waals surface area contributed by atoms with Crippen LogP contribution < -0.4 is 9.47 Å². The van der Waals surface area contributed by atoms with Crippen LogP contribution in [0.1, 0.15) is 26.3 Å². The fourth-order valence-corrected chi connectivity index (χ4v) is 1.58. The average molecular weight is 294 g/mol. The Morgan fingerprint density at radius 2 is 2.00 bits per heavy atom. The fourth-order valence-electron chi connectivity index (χ4n) is 1.58. The van der Waals surface area contributed by atoms with E-state index in [1.165, 1.54) is 6.08 Å². The van der Waals surface area contributed by atoms with Gasteiger partial charge in [-0.1, -0.05) is 0 Å². The number of methoxy groups -OCH3 is 1. The van der Waals surface area contributed by atoms with Crippen LogP contribution in [0.25, 0.3) is 6.08 Å². The first-order chi connectivity index (χ1) is 9.81. The topological polar surface area (TPSA) is 65.0 Å². The SMILES string of the molecule is COc1ccc(OCCOC(C)(C)C)c(/C=C/C(=O)O)c1. The van der Waals surface area contributed by atoms with Crippen molar-refractivity contribution in [3.8, 4) is 11.5 Å². The largest absolute Gasteiger partial charge is 0.497 e. The molecule has 0 saturated carbocycles. The molecule has 1 aromatic carbocycles. The maximum Gasteiger partial charge on any atom is 0.328 e. The molecular formula is C16H22O5. The Hall–Kier alpha value is -2.01. The highest BCUT2D eigenvalue weighted by Crippen LogP contribution is 2.25. The van der Waals surface area contributed by atoms with Crippen molar-refractivity contribution in [1.29, 1.82) is 0 Å². The molecule has 0 bridgehead atoms. The highest BCUT2D eigenvalue weighted by Gasteiger charge is 2.10. The molecule has 1 rings (SSSR count). The zero-order valence-corrected chi connectivity index (χ0v) is 12.9. The monoisotopic (exact) mass is 294 g/mol. The van der Waals surface area contributed by atoms with E-state index in [9.17, 15) is 4.79 Å². The van der Waals surface area contributed by atoms with Gasteiger partial charge in [0.05, 0.1) is 19.3 Å². The van der Waals surface area contributed by atoms with Crippen LogP contribution in [-0.4, -0.2) is 37.0 Å². The number of carboxylic acid groups (broad SMARTS) is 1. The Morgan fingerprint density at radius 1 is 1.29 bits per heavy atom. The quantitative estimate of drug-likeness (QED) is 0.618. The molecular weight excluding hydrogens is 272 g/mol. The predicted octanol–water partition coefficient (Wildman–Crippen LogP) is 2.99. The van der Waals surface area contributed by atoms with Crippen LogP contribution in [0, 0.1) is 0 Å². The molecule has 0 unspecified atom stereocenters. The summed E-state index contributed by atoms with van der Waals surface area (Å²) < 4.78 is 16.3. The zero-order valence-electron chi connectivity index (χ0n) is 12.9. The van der Waals surface area contributed by atoms with Gasteiger partial charge in [0.1, 0.15) is 18.1 Å². The summed E-state index contributed by atoms with van der Waals surface area (Å²) in [6.07, 6.45) is 2.54. The van der Waals surface area contributed by atoms with Crippen LogP contribution in [0.3, 0.4) is 0 Å². The molecule has 1 N–H and O–H groups in total. The molecule has 0 heterocycles. The van der Waals surface area contributed by atoms with Crippen molar-refractivity contribution in [3.63, 3.8) is 0 Å². The van der Waals surface area contributed by atoms with Crippen molar-refractivity contribution < 1.29 is 24.1 Å². The van der Waals surface area contributed by atoms with Gasteiger partial charge in [-0.3, -0.25) is 0 Å². The molecule has 0 aliphatic rings. The van der Waals surface area contributed by atoms with Gasteiger partial charge in [0, 0.05) is 11.6 Å². The van der Waals surface area contributed by atoms with Crippen molar-refractivity contribution in [3.05, 3.63) is 29.8 Å². The van der Waals surface area contributed by atoms with Gasteiger partial charge < -0.3 is 19.3 Å². The number of carboxylic acids is 1. The highest BCUT2D eigenvalue weighted by atomic mass is 16.5. The van der Waals surface area contributed by atoms with E-state index in [0.717, 1.165) is 6.08 Å². The minimum absolute atomic E-state index is 0.213. The summed E-state index contributed by atoms with van der Waals surface area (Å²) in [4.78, 5) is 10.6. The number of ether oxygens (including phenoxy) is 3. The molecule has 0 aromatic heterocycles. The van der Waals surface area contributed by atoms with Gasteiger partial charge in [-0.15, -0.1) is 0 Å². The minimum atomic E-state index is -1.01. The van der Waals surface area contributed by atoms with E-state index in [0.29, 0.717) is 30.3 Å². The number of aliphatic carboxylic acids is 1. The van der Waals surface area contributed by atoms with Gasteiger partial charge in [0.25, 0.3) is 0 Å². The highest BCUT2D eigenvalue weighted by molar-refractivity contribution is 5.86. The van der Waals surface area contributed by atoms with Crippen molar-refractivity contribution in [2.75, 3.05) is 20.3 Å². The first-order valence-electron chi connectivity index (χ1n) is 6.67. The van der Waals surface area contributed by atoms with E-state index in [2.05, 4.69) is 0 Å². The second kappa shape index (κ2) is 7.69. The molecule has 5 nitrogen and oxygen atoms in total. The molecule has 0 aliphatic carbocycles. The number of hydrogen-bond acceptors (Lipinski definition) is 4. The maximum absolute atomic E-state index is 10.6. The van der Waals surface area contributed by atoms with E-state index in [1.807, 2.05) is 20.8 Å². The molecule has 0 amide bonds. The second-order valence-electron chi connectivity index (χ2n) is 5.38. The van der Waals surface area contributed by atoms with Gasteiger partial charge in [-0.05, 0) is 45.0 Å². The Bertz CT molecular complexity index is 500. The molecule has 21 heavy (non-hydrogen) atoms. The third-order valence-corrected chi connectivity index (χ3v) is 2.50. The Morgan fingerprint density at radius 3 is 2.57 bits per heavy atom. The van der Waals surface area contributed by atoms with Crippen LogP contribution in [0.5, 0.6) is 11.5 Å². The van der Waals surface area contributed by atoms with Gasteiger partial charge in [-0.2, -0.15) is 0 Å². The zero-order chi connectivity index (χ0) is 15.9. The van der Waals surface area contributed by atoms with Crippen LogP contribution >= 0.6 is 0 Å². The van der Waals surface area contributed by atoms with Crippen LogP contribution in [0.2, 0.25) is 0 Å². The molecule has 1 aromatic rings. The predicted molar refractivity (Wildman–Crippen MR) is 80.9 cm³/mol. The Labute approximate surface area is 125 Å². The lowest BCUT2D eigenvalue weighted by Gasteiger charge is -2.19. The number of carbonyl (C=O) groups is 1. The molecule has 0 fully saturated rings. The normalized spacial score (nSPS) is 11.6. The molecule has 0 saturated heterocycles. The van der Waals surface area contributed by atoms with Gasteiger partial charge >= 0.3 is 5.97 Å². The van der Waals surface area contributed by atoms with Crippen molar-refractivity contribution in [2.45, 2.75) is 26.4 Å². The first-order valence-corrected chi connectivity index (χ1v) is 6.67. The standard InChI is InChI=1S/C16H22O5/c1-16(2,3)21-10-9-20-14-7-6-13(19-4)11-12(14)5-8-15(17)18/h5-8,11H,9-10H2,1-4H3,(H,17,18)/b8-5+. The third-order valence-electron chi connectivity index (χ3n) is 2.50. The summed E-state index contributed by atoms with van der Waals surface area (Å²) in [5.41, 5.74) is 0.433. The maximum atomic E-state index is 10.6. The van der Waals surface area contributed by atoms with Crippen molar-refractivity contribution in [1.82, 2.24) is 0 Å². The van der Waals surface area contributed by atoms with Crippen LogP contribution in [0.4, 0.5) is 0 Å². The van der Waals surface area contributed by atoms with E-state index in [-0.39, 0.29) is 5.60 Å². The first kappa shape index (κ1) is 17.0. The molecule has 0 atom stereocenters. The summed E-state index contributed by atoms with van der Waals surface area (Å²) in [5.74, 6) is 0.212. The lowest BCUT2D eigenvalue weighted by atomic mass is 10.1. The average Bonchev–Trinajstić information content (AvgIpc) is 2.40. The Kier molecular flexibility index (Phi) is 6.24. The lowest BCUT2D eigenvalue weighted by molar-refractivity contribution is -0.131. The lowest BCUT2D eigenvalue weighted by Crippen LogP contribution is -2.22. The Balaban J connectivity index is 2.73. The summed E-state index contributed by atoms with van der Waals surface area (Å²) in [6, 6.07) is 5.23. The van der Waals surface area contributed by atoms with Crippen LogP contribution in [0.15, 0.2) is 24.3 Å². The molecule has 5 heteroatoms. The number of rotatable bonds is 7. The summed E-state index contributed by atoms with van der Waals surface area (Å²) >= 11 is 0. The molecule has 0 radical (unpaired) electrons. The van der Waals surface area contributed by atoms with Crippen molar-refractivity contribution >= 4 is 12.0 Å². The summed E-state index contributed by atoms with van der Waals surface area (Å²) in [7, 11) is 1.55. The molecule has 0 spiro atoms. The summed E-state index contributed by atoms with van der Waals surface area (Å²) in [6.45, 7) is 6.76. The van der Waals surface area contributed by atoms with Crippen molar-refractivity contribution in [2.24, 2.45) is 0 Å². The van der Waals surface area contributed by atoms with Gasteiger partial charge in [0.2, 0.25) is 0 Å². The number of hydrogen-bond donors (Lipinski definition) is 1. The van der Waals surface area contributed by atoms with Gasteiger partial charge in [-0.25, -0.2) is 4.79 Å². The number of benzene rings is 1. The molecule has 0 aliphatic heterocycles. The van der Waals surface area contributed by atoms with Crippen LogP contribution in [-0.2, 0) is 9.53 Å². The minimum Gasteiger partial charge on any atom is -0.497 e. The van der Waals surface area contributed by atoms with E-state index in [1.54, 1.807) is 25.3 Å². The fraction of sp³-hybridized carbons (Fsp3) is 0.438.